The Balaban J connectivity index is 1.62. The van der Waals surface area contributed by atoms with Gasteiger partial charge in [-0.05, 0) is 41.5 Å². The van der Waals surface area contributed by atoms with Gasteiger partial charge in [-0.1, -0.05) is 30.4 Å². The predicted octanol–water partition coefficient (Wildman–Crippen LogP) is 0.727. The quantitative estimate of drug-likeness (QED) is 0.217. The van der Waals surface area contributed by atoms with Crippen LogP contribution in [0.15, 0.2) is 48.6 Å². The van der Waals surface area contributed by atoms with E-state index in [4.69, 9.17) is 18.9 Å². The number of rotatable bonds is 11. The molecule has 210 valence electrons. The first kappa shape index (κ1) is 29.6. The Kier molecular flexibility index (Phi) is 10.0. The van der Waals surface area contributed by atoms with Gasteiger partial charge in [-0.25, -0.2) is 4.79 Å². The number of carbonyl (C=O) groups excluding carboxylic acids is 1. The molecule has 12 heteroatoms. The number of carboxylic acid groups (broad SMARTS) is 1. The number of phenolic OH excluding ortho intramolecular Hbond substituents is 1. The van der Waals surface area contributed by atoms with Crippen LogP contribution in [0, 0.1) is 0 Å². The third-order valence-electron chi connectivity index (χ3n) is 5.83. The van der Waals surface area contributed by atoms with Crippen molar-refractivity contribution in [1.29, 1.82) is 0 Å². The molecule has 2 aromatic rings. The summed E-state index contributed by atoms with van der Waals surface area (Å²) in [6, 6.07) is 9.14. The topological polar surface area (TPSA) is 192 Å². The van der Waals surface area contributed by atoms with Crippen molar-refractivity contribution in [2.24, 2.45) is 0 Å². The smallest absolute Gasteiger partial charge is 0.335 e. The second kappa shape index (κ2) is 13.2. The summed E-state index contributed by atoms with van der Waals surface area (Å²) in [7, 11) is 2.76. The fourth-order valence-electron chi connectivity index (χ4n) is 3.71. The molecule has 1 saturated heterocycles. The van der Waals surface area contributed by atoms with Gasteiger partial charge in [0.1, 0.15) is 18.3 Å². The van der Waals surface area contributed by atoms with Gasteiger partial charge in [0, 0.05) is 6.42 Å². The standard InChI is InChI=1S/C27H30O12/c1-36-20-11-14(5-9-18(20)30)3-7-16(28)13-17(29)8-4-15-6-10-19(21(12-15)37-2)38-27-24(33)22(31)23(32)25(39-27)26(34)35/h3-12,16,22-25,27-28,30-33H,13H2,1-2H3,(H,34,35)/b7-3+,8-4+/t16?,22-,23-,24+,25-,27+/m0/s1. The molecular weight excluding hydrogens is 516 g/mol. The number of hydrogen-bond acceptors (Lipinski definition) is 11. The Hall–Kier alpha value is -3.94. The van der Waals surface area contributed by atoms with Gasteiger partial charge in [0.05, 0.1) is 20.3 Å². The maximum atomic E-state index is 12.3. The molecule has 6 N–H and O–H groups in total. The van der Waals surface area contributed by atoms with E-state index in [2.05, 4.69) is 0 Å². The van der Waals surface area contributed by atoms with Crippen molar-refractivity contribution in [1.82, 2.24) is 0 Å². The lowest BCUT2D eigenvalue weighted by molar-refractivity contribution is -0.271. The van der Waals surface area contributed by atoms with E-state index in [1.165, 1.54) is 50.6 Å². The molecule has 0 saturated carbocycles. The van der Waals surface area contributed by atoms with Crippen LogP contribution in [0.2, 0.25) is 0 Å². The van der Waals surface area contributed by atoms with Crippen LogP contribution in [0.25, 0.3) is 12.2 Å². The van der Waals surface area contributed by atoms with E-state index >= 15 is 0 Å². The second-order valence-corrected chi connectivity index (χ2v) is 8.62. The van der Waals surface area contributed by atoms with Gasteiger partial charge in [0.2, 0.25) is 6.29 Å². The molecule has 2 aromatic carbocycles. The fraction of sp³-hybridized carbons (Fsp3) is 0.333. The van der Waals surface area contributed by atoms with Crippen LogP contribution in [0.5, 0.6) is 23.0 Å². The van der Waals surface area contributed by atoms with Crippen molar-refractivity contribution < 1.29 is 59.2 Å². The van der Waals surface area contributed by atoms with Gasteiger partial charge in [-0.2, -0.15) is 0 Å². The number of phenols is 1. The van der Waals surface area contributed by atoms with E-state index in [9.17, 15) is 40.2 Å². The monoisotopic (exact) mass is 546 g/mol. The van der Waals surface area contributed by atoms with Crippen LogP contribution in [-0.2, 0) is 14.3 Å². The lowest BCUT2D eigenvalue weighted by Gasteiger charge is -2.38. The van der Waals surface area contributed by atoms with Crippen molar-refractivity contribution in [3.8, 4) is 23.0 Å². The third kappa shape index (κ3) is 7.56. The van der Waals surface area contributed by atoms with Crippen molar-refractivity contribution >= 4 is 23.9 Å². The number of aliphatic hydroxyl groups is 4. The van der Waals surface area contributed by atoms with Crippen LogP contribution in [0.3, 0.4) is 0 Å². The van der Waals surface area contributed by atoms with Crippen LogP contribution >= 0.6 is 0 Å². The number of ketones is 1. The predicted molar refractivity (Wildman–Crippen MR) is 136 cm³/mol. The molecule has 0 aromatic heterocycles. The minimum absolute atomic E-state index is 0.0166. The van der Waals surface area contributed by atoms with Gasteiger partial charge in [-0.15, -0.1) is 0 Å². The first-order valence-electron chi connectivity index (χ1n) is 11.8. The lowest BCUT2D eigenvalue weighted by Crippen LogP contribution is -2.61. The molecule has 1 unspecified atom stereocenters. The zero-order chi connectivity index (χ0) is 28.7. The average molecular weight is 547 g/mol. The number of aliphatic hydroxyl groups excluding tert-OH is 4. The summed E-state index contributed by atoms with van der Waals surface area (Å²) in [4.78, 5) is 23.6. The van der Waals surface area contributed by atoms with Crippen molar-refractivity contribution in [2.75, 3.05) is 14.2 Å². The summed E-state index contributed by atoms with van der Waals surface area (Å²) in [5.74, 6) is -1.44. The van der Waals surface area contributed by atoms with Crippen LogP contribution < -0.4 is 14.2 Å². The number of methoxy groups -OCH3 is 2. The lowest BCUT2D eigenvalue weighted by atomic mass is 9.99. The van der Waals surface area contributed by atoms with Crippen molar-refractivity contribution in [3.05, 3.63) is 59.7 Å². The van der Waals surface area contributed by atoms with E-state index < -0.39 is 42.8 Å². The molecule has 0 radical (unpaired) electrons. The molecule has 1 heterocycles. The number of hydrogen-bond donors (Lipinski definition) is 6. The molecule has 3 rings (SSSR count). The van der Waals surface area contributed by atoms with Crippen molar-refractivity contribution in [2.45, 2.75) is 43.2 Å². The number of aromatic hydroxyl groups is 1. The largest absolute Gasteiger partial charge is 0.504 e. The van der Waals surface area contributed by atoms with Gasteiger partial charge in [0.25, 0.3) is 0 Å². The Bertz CT molecular complexity index is 1220. The molecule has 0 aliphatic carbocycles. The van der Waals surface area contributed by atoms with E-state index in [0.717, 1.165) is 0 Å². The highest BCUT2D eigenvalue weighted by atomic mass is 16.7. The summed E-state index contributed by atoms with van der Waals surface area (Å²) >= 11 is 0. The zero-order valence-electron chi connectivity index (χ0n) is 21.1. The third-order valence-corrected chi connectivity index (χ3v) is 5.83. The molecule has 0 amide bonds. The minimum Gasteiger partial charge on any atom is -0.504 e. The number of benzene rings is 2. The first-order chi connectivity index (χ1) is 18.5. The molecule has 1 aliphatic rings. The highest BCUT2D eigenvalue weighted by molar-refractivity contribution is 5.94. The Morgan fingerprint density at radius 3 is 2.23 bits per heavy atom. The highest BCUT2D eigenvalue weighted by Crippen LogP contribution is 2.32. The van der Waals surface area contributed by atoms with Gasteiger partial charge < -0.3 is 49.6 Å². The Labute approximate surface area is 223 Å². The summed E-state index contributed by atoms with van der Waals surface area (Å²) in [5.41, 5.74) is 1.19. The summed E-state index contributed by atoms with van der Waals surface area (Å²) in [6.07, 6.45) is -4.28. The molecular formula is C27H30O12. The van der Waals surface area contributed by atoms with E-state index in [-0.39, 0.29) is 35.2 Å². The van der Waals surface area contributed by atoms with Crippen molar-refractivity contribution in [3.63, 3.8) is 0 Å². The molecule has 6 atom stereocenters. The summed E-state index contributed by atoms with van der Waals surface area (Å²) < 4.78 is 20.9. The first-order valence-corrected chi connectivity index (χ1v) is 11.8. The Morgan fingerprint density at radius 1 is 0.923 bits per heavy atom. The van der Waals surface area contributed by atoms with E-state index in [0.29, 0.717) is 11.1 Å². The summed E-state index contributed by atoms with van der Waals surface area (Å²) in [6.45, 7) is 0. The van der Waals surface area contributed by atoms with E-state index in [1.54, 1.807) is 24.3 Å². The molecule has 1 fully saturated rings. The van der Waals surface area contributed by atoms with Gasteiger partial charge in [0.15, 0.2) is 34.9 Å². The van der Waals surface area contributed by atoms with Crippen LogP contribution in [0.1, 0.15) is 17.5 Å². The van der Waals surface area contributed by atoms with Gasteiger partial charge in [-0.3, -0.25) is 4.79 Å². The number of allylic oxidation sites excluding steroid dienone is 1. The number of carbonyl (C=O) groups is 2. The maximum Gasteiger partial charge on any atom is 0.335 e. The SMILES string of the molecule is COc1cc(/C=C/C(O)CC(=O)/C=C/c2ccc(O[C@@H]3O[C@H](C(=O)O)[C@@H](O)[C@H](O)[C@H]3O)c(OC)c2)ccc1O. The molecule has 0 bridgehead atoms. The highest BCUT2D eigenvalue weighted by Gasteiger charge is 2.48. The Morgan fingerprint density at radius 2 is 1.56 bits per heavy atom. The number of ether oxygens (including phenoxy) is 4. The zero-order valence-corrected chi connectivity index (χ0v) is 21.1. The number of aliphatic carboxylic acids is 1. The van der Waals surface area contributed by atoms with Crippen LogP contribution in [-0.4, -0.2) is 93.4 Å². The van der Waals surface area contributed by atoms with Crippen LogP contribution in [0.4, 0.5) is 0 Å². The normalized spacial score (nSPS) is 24.0. The molecule has 39 heavy (non-hydrogen) atoms. The minimum atomic E-state index is -1.85. The van der Waals surface area contributed by atoms with E-state index in [1.807, 2.05) is 0 Å². The summed E-state index contributed by atoms with van der Waals surface area (Å²) in [5, 5.41) is 58.9. The van der Waals surface area contributed by atoms with Gasteiger partial charge >= 0.3 is 5.97 Å². The average Bonchev–Trinajstić information content (AvgIpc) is 2.91. The molecule has 0 spiro atoms. The maximum absolute atomic E-state index is 12.3. The molecule has 12 nitrogen and oxygen atoms in total. The number of carboxylic acids is 1. The molecule has 1 aliphatic heterocycles. The fourth-order valence-corrected chi connectivity index (χ4v) is 3.71. The second-order valence-electron chi connectivity index (χ2n) is 8.62.